The maximum atomic E-state index is 11.9. The predicted octanol–water partition coefficient (Wildman–Crippen LogP) is 2.52. The smallest absolute Gasteiger partial charge is 0.220 e. The molecule has 0 spiro atoms. The number of H-pyrrole nitrogens is 1. The van der Waals surface area contributed by atoms with Crippen molar-refractivity contribution in [3.63, 3.8) is 0 Å². The molecule has 1 atom stereocenters. The van der Waals surface area contributed by atoms with Crippen LogP contribution in [0, 0.1) is 12.8 Å². The first kappa shape index (κ1) is 15.1. The second kappa shape index (κ2) is 6.97. The standard InChI is InChI=1S/C18H25N3O/c1-13-15(16-4-2-3-5-17(16)21-13)9-11-20-18(22)7-6-14-8-10-19-12-14/h2-5,14,19,21H,6-12H2,1H3,(H,20,22). The quantitative estimate of drug-likeness (QED) is 0.767. The van der Waals surface area contributed by atoms with Gasteiger partial charge in [-0.3, -0.25) is 4.79 Å². The third-order valence-corrected chi connectivity index (χ3v) is 4.67. The zero-order chi connectivity index (χ0) is 15.4. The van der Waals surface area contributed by atoms with E-state index in [0.29, 0.717) is 18.9 Å². The average molecular weight is 299 g/mol. The van der Waals surface area contributed by atoms with Gasteiger partial charge in [0.1, 0.15) is 0 Å². The lowest BCUT2D eigenvalue weighted by Gasteiger charge is -2.09. The molecule has 22 heavy (non-hydrogen) atoms. The Balaban J connectivity index is 1.47. The van der Waals surface area contributed by atoms with Gasteiger partial charge in [0.25, 0.3) is 0 Å². The number of aromatic nitrogens is 1. The summed E-state index contributed by atoms with van der Waals surface area (Å²) in [5.41, 5.74) is 3.69. The van der Waals surface area contributed by atoms with Crippen molar-refractivity contribution in [1.29, 1.82) is 0 Å². The summed E-state index contributed by atoms with van der Waals surface area (Å²) in [4.78, 5) is 15.3. The van der Waals surface area contributed by atoms with Crippen LogP contribution < -0.4 is 10.6 Å². The van der Waals surface area contributed by atoms with Crippen LogP contribution in [0.4, 0.5) is 0 Å². The van der Waals surface area contributed by atoms with E-state index in [1.807, 2.05) is 6.07 Å². The average Bonchev–Trinajstić information content (AvgIpc) is 3.13. The molecular weight excluding hydrogens is 274 g/mol. The highest BCUT2D eigenvalue weighted by molar-refractivity contribution is 5.84. The van der Waals surface area contributed by atoms with E-state index in [0.717, 1.165) is 25.9 Å². The molecule has 2 aromatic rings. The number of carbonyl (C=O) groups excluding carboxylic acids is 1. The van der Waals surface area contributed by atoms with E-state index < -0.39 is 0 Å². The van der Waals surface area contributed by atoms with Gasteiger partial charge in [0.2, 0.25) is 5.91 Å². The molecule has 1 saturated heterocycles. The Morgan fingerprint density at radius 2 is 2.23 bits per heavy atom. The lowest BCUT2D eigenvalue weighted by atomic mass is 10.0. The van der Waals surface area contributed by atoms with Crippen LogP contribution in [0.5, 0.6) is 0 Å². The van der Waals surface area contributed by atoms with Gasteiger partial charge in [0.05, 0.1) is 0 Å². The van der Waals surface area contributed by atoms with E-state index in [9.17, 15) is 4.79 Å². The molecular formula is C18H25N3O. The number of rotatable bonds is 6. The van der Waals surface area contributed by atoms with E-state index in [-0.39, 0.29) is 5.91 Å². The Bertz CT molecular complexity index is 641. The maximum Gasteiger partial charge on any atom is 0.220 e. The van der Waals surface area contributed by atoms with Gasteiger partial charge in [0.15, 0.2) is 0 Å². The number of benzene rings is 1. The highest BCUT2D eigenvalue weighted by atomic mass is 16.1. The van der Waals surface area contributed by atoms with Crippen LogP contribution in [0.15, 0.2) is 24.3 Å². The molecule has 4 heteroatoms. The zero-order valence-electron chi connectivity index (χ0n) is 13.2. The number of aryl methyl sites for hydroxylation is 1. The highest BCUT2D eigenvalue weighted by Crippen LogP contribution is 2.22. The van der Waals surface area contributed by atoms with Gasteiger partial charge >= 0.3 is 0 Å². The van der Waals surface area contributed by atoms with Crippen LogP contribution in [-0.4, -0.2) is 30.5 Å². The first-order chi connectivity index (χ1) is 10.7. The van der Waals surface area contributed by atoms with Gasteiger partial charge < -0.3 is 15.6 Å². The molecule has 4 nitrogen and oxygen atoms in total. The van der Waals surface area contributed by atoms with E-state index in [2.05, 4.69) is 40.7 Å². The Morgan fingerprint density at radius 3 is 3.05 bits per heavy atom. The summed E-state index contributed by atoms with van der Waals surface area (Å²) in [6.07, 6.45) is 3.75. The van der Waals surface area contributed by atoms with Crippen LogP contribution in [0.2, 0.25) is 0 Å². The van der Waals surface area contributed by atoms with Crippen molar-refractivity contribution in [2.75, 3.05) is 19.6 Å². The summed E-state index contributed by atoms with van der Waals surface area (Å²) in [6, 6.07) is 8.35. The molecule has 1 aromatic heterocycles. The summed E-state index contributed by atoms with van der Waals surface area (Å²) in [6.45, 7) is 4.99. The Hall–Kier alpha value is -1.81. The van der Waals surface area contributed by atoms with Crippen LogP contribution in [0.1, 0.15) is 30.5 Å². The molecule has 0 aliphatic carbocycles. The first-order valence-electron chi connectivity index (χ1n) is 8.27. The minimum absolute atomic E-state index is 0.185. The second-order valence-electron chi connectivity index (χ2n) is 6.27. The zero-order valence-corrected chi connectivity index (χ0v) is 13.2. The largest absolute Gasteiger partial charge is 0.358 e. The second-order valence-corrected chi connectivity index (χ2v) is 6.27. The fourth-order valence-corrected chi connectivity index (χ4v) is 3.37. The normalized spacial score (nSPS) is 18.0. The monoisotopic (exact) mass is 299 g/mol. The van der Waals surface area contributed by atoms with E-state index >= 15 is 0 Å². The minimum atomic E-state index is 0.185. The third kappa shape index (κ3) is 3.50. The van der Waals surface area contributed by atoms with Crippen LogP contribution in [0.25, 0.3) is 10.9 Å². The van der Waals surface area contributed by atoms with Crippen molar-refractivity contribution in [3.8, 4) is 0 Å². The molecule has 118 valence electrons. The third-order valence-electron chi connectivity index (χ3n) is 4.67. The van der Waals surface area contributed by atoms with Gasteiger partial charge in [-0.1, -0.05) is 18.2 Å². The molecule has 0 radical (unpaired) electrons. The van der Waals surface area contributed by atoms with E-state index in [1.165, 1.54) is 28.6 Å². The molecule has 1 aromatic carbocycles. The van der Waals surface area contributed by atoms with Crippen molar-refractivity contribution in [1.82, 2.24) is 15.6 Å². The number of fused-ring (bicyclic) bond motifs is 1. The SMILES string of the molecule is Cc1[nH]c2ccccc2c1CCNC(=O)CCC1CCNC1. The fourth-order valence-electron chi connectivity index (χ4n) is 3.37. The van der Waals surface area contributed by atoms with Gasteiger partial charge in [-0.05, 0) is 56.8 Å². The van der Waals surface area contributed by atoms with Crippen molar-refractivity contribution >= 4 is 16.8 Å². The molecule has 1 unspecified atom stereocenters. The van der Waals surface area contributed by atoms with Gasteiger partial charge in [-0.25, -0.2) is 0 Å². The van der Waals surface area contributed by atoms with Crippen LogP contribution >= 0.6 is 0 Å². The van der Waals surface area contributed by atoms with E-state index in [4.69, 9.17) is 0 Å². The molecule has 0 bridgehead atoms. The van der Waals surface area contributed by atoms with Crippen molar-refractivity contribution in [3.05, 3.63) is 35.5 Å². The number of aromatic amines is 1. The molecule has 3 rings (SSSR count). The highest BCUT2D eigenvalue weighted by Gasteiger charge is 2.15. The molecule has 1 aliphatic heterocycles. The first-order valence-corrected chi connectivity index (χ1v) is 8.27. The number of para-hydroxylation sites is 1. The fraction of sp³-hybridized carbons (Fsp3) is 0.500. The molecule has 3 N–H and O–H groups in total. The lowest BCUT2D eigenvalue weighted by Crippen LogP contribution is -2.26. The van der Waals surface area contributed by atoms with Crippen molar-refractivity contribution in [2.45, 2.75) is 32.6 Å². The molecule has 0 saturated carbocycles. The number of amides is 1. The molecule has 2 heterocycles. The summed E-state index contributed by atoms with van der Waals surface area (Å²) in [5.74, 6) is 0.867. The van der Waals surface area contributed by atoms with Gasteiger partial charge in [-0.2, -0.15) is 0 Å². The van der Waals surface area contributed by atoms with Gasteiger partial charge in [-0.15, -0.1) is 0 Å². The molecule has 1 fully saturated rings. The van der Waals surface area contributed by atoms with Crippen LogP contribution in [-0.2, 0) is 11.2 Å². The summed E-state index contributed by atoms with van der Waals surface area (Å²) in [7, 11) is 0. The maximum absolute atomic E-state index is 11.9. The van der Waals surface area contributed by atoms with Crippen LogP contribution in [0.3, 0.4) is 0 Å². The minimum Gasteiger partial charge on any atom is -0.358 e. The topological polar surface area (TPSA) is 56.9 Å². The Morgan fingerprint density at radius 1 is 1.36 bits per heavy atom. The van der Waals surface area contributed by atoms with Crippen molar-refractivity contribution in [2.24, 2.45) is 5.92 Å². The Kier molecular flexibility index (Phi) is 4.78. The molecule has 1 amide bonds. The molecule has 1 aliphatic rings. The summed E-state index contributed by atoms with van der Waals surface area (Å²) >= 11 is 0. The summed E-state index contributed by atoms with van der Waals surface area (Å²) < 4.78 is 0. The van der Waals surface area contributed by atoms with E-state index in [1.54, 1.807) is 0 Å². The Labute approximate surface area is 131 Å². The van der Waals surface area contributed by atoms with Gasteiger partial charge in [0, 0.05) is 29.6 Å². The van der Waals surface area contributed by atoms with Crippen molar-refractivity contribution < 1.29 is 4.79 Å². The number of hydrogen-bond acceptors (Lipinski definition) is 2. The number of hydrogen-bond donors (Lipinski definition) is 3. The summed E-state index contributed by atoms with van der Waals surface area (Å²) in [5, 5.41) is 7.68. The lowest BCUT2D eigenvalue weighted by molar-refractivity contribution is -0.121. The number of nitrogens with one attached hydrogen (secondary N) is 3. The predicted molar refractivity (Wildman–Crippen MR) is 90.0 cm³/mol. The number of carbonyl (C=O) groups is 1.